The molecule has 0 amide bonds. The van der Waals surface area contributed by atoms with E-state index in [2.05, 4.69) is 5.10 Å². The van der Waals surface area contributed by atoms with E-state index >= 15 is 0 Å². The van der Waals surface area contributed by atoms with Crippen molar-refractivity contribution in [2.24, 2.45) is 7.05 Å². The summed E-state index contributed by atoms with van der Waals surface area (Å²) in [6, 6.07) is 0. The van der Waals surface area contributed by atoms with Crippen molar-refractivity contribution in [1.29, 1.82) is 0 Å². The lowest BCUT2D eigenvalue weighted by Gasteiger charge is -2.19. The molecule has 1 aliphatic rings. The van der Waals surface area contributed by atoms with Crippen molar-refractivity contribution in [3.8, 4) is 0 Å². The first-order valence-corrected chi connectivity index (χ1v) is 5.60. The van der Waals surface area contributed by atoms with Gasteiger partial charge in [0.15, 0.2) is 0 Å². The van der Waals surface area contributed by atoms with Gasteiger partial charge < -0.3 is 9.84 Å². The Morgan fingerprint density at radius 3 is 2.75 bits per heavy atom. The number of hydrogen-bond donors (Lipinski definition) is 1. The lowest BCUT2D eigenvalue weighted by Crippen LogP contribution is -2.09. The van der Waals surface area contributed by atoms with E-state index in [9.17, 15) is 5.11 Å². The number of aryl methyl sites for hydroxylation is 2. The molecule has 0 radical (unpaired) electrons. The third kappa shape index (κ3) is 1.85. The molecule has 4 heteroatoms. The fourth-order valence-corrected chi connectivity index (χ4v) is 2.16. The Balaban J connectivity index is 2.32. The Labute approximate surface area is 95.5 Å². The van der Waals surface area contributed by atoms with Crippen molar-refractivity contribution < 1.29 is 9.84 Å². The number of ether oxygens (including phenoxy) is 1. The molecule has 4 nitrogen and oxygen atoms in total. The summed E-state index contributed by atoms with van der Waals surface area (Å²) in [5.74, 6) is 0. The molecule has 0 saturated carbocycles. The summed E-state index contributed by atoms with van der Waals surface area (Å²) >= 11 is 0. The molecule has 0 bridgehead atoms. The molecule has 0 fully saturated rings. The second kappa shape index (κ2) is 4.29. The highest BCUT2D eigenvalue weighted by Crippen LogP contribution is 2.31. The van der Waals surface area contributed by atoms with Crippen LogP contribution in [-0.4, -0.2) is 21.5 Å². The number of nitrogens with zero attached hydrogens (tertiary/aromatic N) is 2. The molecule has 1 aliphatic heterocycles. The fraction of sp³-hybridized carbons (Fsp3) is 0.583. The van der Waals surface area contributed by atoms with Crippen molar-refractivity contribution in [3.05, 3.63) is 28.8 Å². The van der Waals surface area contributed by atoms with Gasteiger partial charge in [-0.25, -0.2) is 0 Å². The van der Waals surface area contributed by atoms with Crippen LogP contribution in [0.25, 0.3) is 0 Å². The van der Waals surface area contributed by atoms with Gasteiger partial charge in [-0.05, 0) is 32.3 Å². The predicted molar refractivity (Wildman–Crippen MR) is 60.9 cm³/mol. The molecule has 88 valence electrons. The molecule has 1 aromatic heterocycles. The van der Waals surface area contributed by atoms with Gasteiger partial charge in [-0.2, -0.15) is 5.10 Å². The molecule has 16 heavy (non-hydrogen) atoms. The largest absolute Gasteiger partial charge is 0.501 e. The summed E-state index contributed by atoms with van der Waals surface area (Å²) in [4.78, 5) is 0. The van der Waals surface area contributed by atoms with Crippen LogP contribution >= 0.6 is 0 Å². The zero-order valence-corrected chi connectivity index (χ0v) is 10.0. The highest BCUT2D eigenvalue weighted by Gasteiger charge is 2.22. The molecular weight excluding hydrogens is 204 g/mol. The molecule has 1 N–H and O–H groups in total. The smallest absolute Gasteiger partial charge is 0.107 e. The number of aliphatic hydroxyl groups is 1. The molecule has 2 heterocycles. The van der Waals surface area contributed by atoms with Crippen LogP contribution in [0.3, 0.4) is 0 Å². The zero-order chi connectivity index (χ0) is 11.7. The molecule has 1 atom stereocenters. The van der Waals surface area contributed by atoms with Crippen molar-refractivity contribution >= 4 is 0 Å². The number of aliphatic hydroxyl groups excluding tert-OH is 1. The van der Waals surface area contributed by atoms with Crippen LogP contribution in [0.1, 0.15) is 35.9 Å². The summed E-state index contributed by atoms with van der Waals surface area (Å²) in [5.41, 5.74) is 3.76. The van der Waals surface area contributed by atoms with E-state index in [4.69, 9.17) is 4.74 Å². The van der Waals surface area contributed by atoms with Crippen LogP contribution in [0, 0.1) is 13.8 Å². The first-order valence-electron chi connectivity index (χ1n) is 5.60. The summed E-state index contributed by atoms with van der Waals surface area (Å²) in [7, 11) is 1.89. The van der Waals surface area contributed by atoms with Gasteiger partial charge in [-0.3, -0.25) is 4.68 Å². The Morgan fingerprint density at radius 2 is 2.25 bits per heavy atom. The Morgan fingerprint density at radius 1 is 1.50 bits per heavy atom. The average molecular weight is 222 g/mol. The normalized spacial score (nSPS) is 17.9. The predicted octanol–water partition coefficient (Wildman–Crippen LogP) is 1.76. The van der Waals surface area contributed by atoms with Gasteiger partial charge in [0.1, 0.15) is 6.10 Å². The van der Waals surface area contributed by atoms with Crippen molar-refractivity contribution in [3.63, 3.8) is 0 Å². The molecule has 0 aromatic carbocycles. The van der Waals surface area contributed by atoms with Gasteiger partial charge in [0.25, 0.3) is 0 Å². The minimum Gasteiger partial charge on any atom is -0.501 e. The van der Waals surface area contributed by atoms with Crippen molar-refractivity contribution in [1.82, 2.24) is 9.78 Å². The van der Waals surface area contributed by atoms with Gasteiger partial charge in [-0.1, -0.05) is 0 Å². The summed E-state index contributed by atoms with van der Waals surface area (Å²) in [6.07, 6.45) is 2.99. The van der Waals surface area contributed by atoms with Gasteiger partial charge in [0.05, 0.1) is 18.6 Å². The fourth-order valence-electron chi connectivity index (χ4n) is 2.16. The van der Waals surface area contributed by atoms with Crippen LogP contribution in [0.4, 0.5) is 0 Å². The van der Waals surface area contributed by atoms with E-state index in [0.717, 1.165) is 42.0 Å². The average Bonchev–Trinajstić information content (AvgIpc) is 2.54. The lowest BCUT2D eigenvalue weighted by atomic mass is 9.96. The summed E-state index contributed by atoms with van der Waals surface area (Å²) < 4.78 is 7.07. The molecule has 0 saturated heterocycles. The van der Waals surface area contributed by atoms with Crippen LogP contribution in [0.2, 0.25) is 0 Å². The Kier molecular flexibility index (Phi) is 3.01. The van der Waals surface area contributed by atoms with Gasteiger partial charge in [0.2, 0.25) is 0 Å². The molecule has 0 spiro atoms. The van der Waals surface area contributed by atoms with Gasteiger partial charge >= 0.3 is 0 Å². The molecule has 1 aromatic rings. The van der Waals surface area contributed by atoms with E-state index in [1.807, 2.05) is 20.9 Å². The highest BCUT2D eigenvalue weighted by atomic mass is 16.5. The second-order valence-corrected chi connectivity index (χ2v) is 4.28. The maximum atomic E-state index is 10.3. The van der Waals surface area contributed by atoms with Crippen molar-refractivity contribution in [2.75, 3.05) is 6.61 Å². The van der Waals surface area contributed by atoms with Gasteiger partial charge in [-0.15, -0.1) is 0 Å². The first-order chi connectivity index (χ1) is 7.61. The molecular formula is C12H18N2O2. The van der Waals surface area contributed by atoms with E-state index in [0.29, 0.717) is 0 Å². The molecule has 0 aliphatic carbocycles. The number of rotatable bonds is 2. The second-order valence-electron chi connectivity index (χ2n) is 4.28. The quantitative estimate of drug-likeness (QED) is 0.829. The van der Waals surface area contributed by atoms with Crippen molar-refractivity contribution in [2.45, 2.75) is 32.8 Å². The third-order valence-corrected chi connectivity index (χ3v) is 3.15. The Bertz CT molecular complexity index is 421. The zero-order valence-electron chi connectivity index (χ0n) is 10.0. The summed E-state index contributed by atoms with van der Waals surface area (Å²) in [6.45, 7) is 4.65. The van der Waals surface area contributed by atoms with Crippen LogP contribution in [0.15, 0.2) is 11.8 Å². The topological polar surface area (TPSA) is 47.3 Å². The van der Waals surface area contributed by atoms with E-state index in [1.54, 1.807) is 10.9 Å². The van der Waals surface area contributed by atoms with E-state index in [-0.39, 0.29) is 0 Å². The minimum atomic E-state index is -0.575. The third-order valence-electron chi connectivity index (χ3n) is 3.15. The maximum Gasteiger partial charge on any atom is 0.107 e. The highest BCUT2D eigenvalue weighted by molar-refractivity contribution is 5.32. The molecule has 2 rings (SSSR count). The van der Waals surface area contributed by atoms with Crippen LogP contribution in [0.5, 0.6) is 0 Å². The SMILES string of the molecule is Cc1nn(C)c(C)c1C(O)C1=COCCC1. The van der Waals surface area contributed by atoms with Crippen LogP contribution in [-0.2, 0) is 11.8 Å². The molecule has 1 unspecified atom stereocenters. The van der Waals surface area contributed by atoms with E-state index < -0.39 is 6.10 Å². The lowest BCUT2D eigenvalue weighted by molar-refractivity contribution is 0.169. The standard InChI is InChI=1S/C12H18N2O2/c1-8-11(9(2)14(3)13-8)12(15)10-5-4-6-16-7-10/h7,12,15H,4-6H2,1-3H3. The Hall–Kier alpha value is -1.29. The maximum absolute atomic E-state index is 10.3. The monoisotopic (exact) mass is 222 g/mol. The number of aromatic nitrogens is 2. The van der Waals surface area contributed by atoms with Crippen LogP contribution < -0.4 is 0 Å². The minimum absolute atomic E-state index is 0.575. The number of hydrogen-bond acceptors (Lipinski definition) is 3. The first kappa shape index (κ1) is 11.2. The summed E-state index contributed by atoms with van der Waals surface area (Å²) in [5, 5.41) is 14.6. The van der Waals surface area contributed by atoms with E-state index in [1.165, 1.54) is 0 Å². The van der Waals surface area contributed by atoms with Gasteiger partial charge in [0, 0.05) is 18.3 Å².